The van der Waals surface area contributed by atoms with E-state index in [9.17, 15) is 9.59 Å². The van der Waals surface area contributed by atoms with Crippen LogP contribution >= 0.6 is 0 Å². The van der Waals surface area contributed by atoms with Gasteiger partial charge in [-0.25, -0.2) is 0 Å². The van der Waals surface area contributed by atoms with Crippen LogP contribution in [0.1, 0.15) is 34.3 Å². The van der Waals surface area contributed by atoms with E-state index >= 15 is 0 Å². The molecular weight excluding hydrogens is 340 g/mol. The van der Waals surface area contributed by atoms with E-state index in [0.29, 0.717) is 19.1 Å². The molecule has 0 radical (unpaired) electrons. The van der Waals surface area contributed by atoms with Gasteiger partial charge in [0.05, 0.1) is 5.92 Å². The van der Waals surface area contributed by atoms with E-state index in [1.165, 1.54) is 0 Å². The molecule has 6 heteroatoms. The Balaban J connectivity index is 1.55. The Morgan fingerprint density at radius 3 is 2.59 bits per heavy atom. The number of aryl methyl sites for hydroxylation is 2. The van der Waals surface area contributed by atoms with Crippen LogP contribution in [-0.2, 0) is 4.79 Å². The number of amides is 2. The molecule has 1 aromatic rings. The first-order valence-electron chi connectivity index (χ1n) is 9.99. The first-order valence-corrected chi connectivity index (χ1v) is 9.99. The van der Waals surface area contributed by atoms with Gasteiger partial charge in [0.2, 0.25) is 5.91 Å². The minimum Gasteiger partial charge on any atom is -0.354 e. The van der Waals surface area contributed by atoms with Gasteiger partial charge in [0.25, 0.3) is 5.91 Å². The van der Waals surface area contributed by atoms with Crippen molar-refractivity contribution in [1.29, 1.82) is 0 Å². The predicted octanol–water partition coefficient (Wildman–Crippen LogP) is 1.18. The molecule has 2 unspecified atom stereocenters. The summed E-state index contributed by atoms with van der Waals surface area (Å²) in [6.07, 6.45) is 1.72. The lowest BCUT2D eigenvalue weighted by atomic mass is 9.96. The molecule has 0 spiro atoms. The molecule has 6 nitrogen and oxygen atoms in total. The summed E-state index contributed by atoms with van der Waals surface area (Å²) in [4.78, 5) is 29.7. The van der Waals surface area contributed by atoms with E-state index in [1.807, 2.05) is 30.9 Å². The van der Waals surface area contributed by atoms with Crippen LogP contribution in [0.25, 0.3) is 0 Å². The smallest absolute Gasteiger partial charge is 0.253 e. The van der Waals surface area contributed by atoms with Crippen LogP contribution < -0.4 is 10.6 Å². The summed E-state index contributed by atoms with van der Waals surface area (Å²) in [5, 5.41) is 6.54. The van der Waals surface area contributed by atoms with Crippen molar-refractivity contribution < 1.29 is 9.59 Å². The first kappa shape index (κ1) is 19.8. The number of carbonyl (C=O) groups excluding carboxylic acids is 2. The van der Waals surface area contributed by atoms with E-state index in [-0.39, 0.29) is 17.7 Å². The second-order valence-corrected chi connectivity index (χ2v) is 8.13. The zero-order valence-electron chi connectivity index (χ0n) is 16.8. The summed E-state index contributed by atoms with van der Waals surface area (Å²) < 4.78 is 0. The van der Waals surface area contributed by atoms with Gasteiger partial charge in [0.1, 0.15) is 0 Å². The van der Waals surface area contributed by atoms with Crippen LogP contribution in [0.4, 0.5) is 0 Å². The number of piperazine rings is 1. The number of nitrogens with zero attached hydrogens (tertiary/aromatic N) is 2. The van der Waals surface area contributed by atoms with Gasteiger partial charge in [0.15, 0.2) is 0 Å². The topological polar surface area (TPSA) is 64.7 Å². The van der Waals surface area contributed by atoms with Gasteiger partial charge < -0.3 is 20.4 Å². The largest absolute Gasteiger partial charge is 0.354 e. The lowest BCUT2D eigenvalue weighted by molar-refractivity contribution is -0.126. The molecule has 2 aliphatic rings. The molecule has 1 aromatic carbocycles. The molecule has 2 fully saturated rings. The summed E-state index contributed by atoms with van der Waals surface area (Å²) in [5.74, 6) is -0.00672. The molecule has 2 saturated heterocycles. The molecule has 0 bridgehead atoms. The van der Waals surface area contributed by atoms with Crippen molar-refractivity contribution in [1.82, 2.24) is 20.4 Å². The maximum atomic E-state index is 12.9. The third-order valence-corrected chi connectivity index (χ3v) is 5.53. The van der Waals surface area contributed by atoms with Gasteiger partial charge in [-0.1, -0.05) is 17.2 Å². The Kier molecular flexibility index (Phi) is 6.50. The van der Waals surface area contributed by atoms with Crippen molar-refractivity contribution in [2.75, 3.05) is 46.3 Å². The Labute approximate surface area is 162 Å². The number of carbonyl (C=O) groups is 2. The van der Waals surface area contributed by atoms with Gasteiger partial charge in [-0.2, -0.15) is 0 Å². The van der Waals surface area contributed by atoms with Crippen LogP contribution in [-0.4, -0.2) is 74.0 Å². The lowest BCUT2D eigenvalue weighted by Crippen LogP contribution is -2.55. The Morgan fingerprint density at radius 2 is 1.89 bits per heavy atom. The molecule has 2 aliphatic heterocycles. The number of piperidine rings is 1. The van der Waals surface area contributed by atoms with Crippen molar-refractivity contribution >= 4 is 11.8 Å². The Bertz CT molecular complexity index is 671. The van der Waals surface area contributed by atoms with Crippen molar-refractivity contribution in [2.24, 2.45) is 5.92 Å². The minimum absolute atomic E-state index is 0.0369. The van der Waals surface area contributed by atoms with Crippen LogP contribution in [0.15, 0.2) is 18.2 Å². The molecule has 0 aliphatic carbocycles. The van der Waals surface area contributed by atoms with Gasteiger partial charge >= 0.3 is 0 Å². The van der Waals surface area contributed by atoms with E-state index in [1.54, 1.807) is 0 Å². The zero-order valence-corrected chi connectivity index (χ0v) is 16.8. The monoisotopic (exact) mass is 372 g/mol. The van der Waals surface area contributed by atoms with Crippen molar-refractivity contribution in [3.8, 4) is 0 Å². The maximum Gasteiger partial charge on any atom is 0.253 e. The van der Waals surface area contributed by atoms with E-state index in [0.717, 1.165) is 55.7 Å². The highest BCUT2D eigenvalue weighted by Gasteiger charge is 2.29. The maximum absolute atomic E-state index is 12.9. The standard InChI is InChI=1S/C21H32N4O2/c1-15-9-16(2)11-18(10-15)21(27)25-7-4-5-17(13-25)20(26)23-12-19-14-24(3)8-6-22-19/h9-11,17,19,22H,4-8,12-14H2,1-3H3,(H,23,26). The first-order chi connectivity index (χ1) is 12.9. The molecule has 2 N–H and O–H groups in total. The van der Waals surface area contributed by atoms with Crippen molar-refractivity contribution in [2.45, 2.75) is 32.7 Å². The highest BCUT2D eigenvalue weighted by Crippen LogP contribution is 2.20. The average Bonchev–Trinajstić information content (AvgIpc) is 2.65. The van der Waals surface area contributed by atoms with E-state index < -0.39 is 0 Å². The average molecular weight is 373 g/mol. The second-order valence-electron chi connectivity index (χ2n) is 8.13. The van der Waals surface area contributed by atoms with E-state index in [2.05, 4.69) is 28.6 Å². The zero-order chi connectivity index (χ0) is 19.4. The van der Waals surface area contributed by atoms with Gasteiger partial charge in [-0.15, -0.1) is 0 Å². The summed E-state index contributed by atoms with van der Waals surface area (Å²) >= 11 is 0. The molecule has 2 atom stereocenters. The third-order valence-electron chi connectivity index (χ3n) is 5.53. The number of likely N-dealkylation sites (N-methyl/N-ethyl adjacent to an activating group) is 1. The summed E-state index contributed by atoms with van der Waals surface area (Å²) in [5.41, 5.74) is 2.91. The molecular formula is C21H32N4O2. The number of likely N-dealkylation sites (tertiary alicyclic amines) is 1. The quantitative estimate of drug-likeness (QED) is 0.833. The van der Waals surface area contributed by atoms with Crippen LogP contribution in [0.3, 0.4) is 0 Å². The number of benzene rings is 1. The van der Waals surface area contributed by atoms with Gasteiger partial charge in [-0.3, -0.25) is 9.59 Å². The molecule has 148 valence electrons. The number of rotatable bonds is 4. The highest BCUT2D eigenvalue weighted by molar-refractivity contribution is 5.95. The molecule has 3 rings (SSSR count). The number of nitrogens with one attached hydrogen (secondary N) is 2. The Hall–Kier alpha value is -1.92. The normalized spacial score (nSPS) is 23.9. The molecule has 0 saturated carbocycles. The predicted molar refractivity (Wildman–Crippen MR) is 107 cm³/mol. The van der Waals surface area contributed by atoms with Crippen molar-refractivity contribution in [3.63, 3.8) is 0 Å². The lowest BCUT2D eigenvalue weighted by Gasteiger charge is -2.34. The molecule has 2 heterocycles. The second kappa shape index (κ2) is 8.85. The SMILES string of the molecule is Cc1cc(C)cc(C(=O)N2CCCC(C(=O)NCC3CN(C)CCN3)C2)c1. The van der Waals surface area contributed by atoms with Crippen LogP contribution in [0, 0.1) is 19.8 Å². The number of hydrogen-bond donors (Lipinski definition) is 2. The van der Waals surface area contributed by atoms with Gasteiger partial charge in [-0.05, 0) is 45.9 Å². The van der Waals surface area contributed by atoms with E-state index in [4.69, 9.17) is 0 Å². The van der Waals surface area contributed by atoms with Crippen LogP contribution in [0.5, 0.6) is 0 Å². The number of hydrogen-bond acceptors (Lipinski definition) is 4. The fourth-order valence-corrected chi connectivity index (χ4v) is 4.15. The fraction of sp³-hybridized carbons (Fsp3) is 0.619. The highest BCUT2D eigenvalue weighted by atomic mass is 16.2. The summed E-state index contributed by atoms with van der Waals surface area (Å²) in [6, 6.07) is 6.23. The van der Waals surface area contributed by atoms with Crippen molar-refractivity contribution in [3.05, 3.63) is 34.9 Å². The van der Waals surface area contributed by atoms with Gasteiger partial charge in [0, 0.05) is 50.9 Å². The Morgan fingerprint density at radius 1 is 1.15 bits per heavy atom. The minimum atomic E-state index is -0.116. The molecule has 27 heavy (non-hydrogen) atoms. The summed E-state index contributed by atoms with van der Waals surface area (Å²) in [7, 11) is 2.10. The molecule has 0 aromatic heterocycles. The molecule has 2 amide bonds. The fourth-order valence-electron chi connectivity index (χ4n) is 4.15. The van der Waals surface area contributed by atoms with Crippen LogP contribution in [0.2, 0.25) is 0 Å². The third kappa shape index (κ3) is 5.30. The summed E-state index contributed by atoms with van der Waals surface area (Å²) in [6.45, 7) is 8.84.